The maximum absolute atomic E-state index is 4.71. The highest BCUT2D eigenvalue weighted by atomic mass is 15.3. The molecule has 1 unspecified atom stereocenters. The Kier molecular flexibility index (Phi) is 3.66. The van der Waals surface area contributed by atoms with Gasteiger partial charge in [0, 0.05) is 23.7 Å². The zero-order chi connectivity index (χ0) is 13.4. The van der Waals surface area contributed by atoms with Crippen LogP contribution in [-0.4, -0.2) is 16.3 Å². The highest BCUT2D eigenvalue weighted by Gasteiger charge is 2.35. The van der Waals surface area contributed by atoms with E-state index in [0.717, 1.165) is 24.9 Å². The minimum absolute atomic E-state index is 0.606. The van der Waals surface area contributed by atoms with Gasteiger partial charge < -0.3 is 5.32 Å². The van der Waals surface area contributed by atoms with Crippen LogP contribution in [0.1, 0.15) is 69.7 Å². The molecular formula is C16H27N3. The molecule has 3 rings (SSSR count). The molecule has 3 heteroatoms. The van der Waals surface area contributed by atoms with Crippen LogP contribution in [0.3, 0.4) is 0 Å². The van der Waals surface area contributed by atoms with Gasteiger partial charge in [0.15, 0.2) is 0 Å². The molecule has 1 atom stereocenters. The Morgan fingerprint density at radius 2 is 2.00 bits per heavy atom. The normalized spacial score (nSPS) is 21.1. The standard InChI is InChI=1S/C16H27N3/c1-11(2)8-17-9-15-10-18-19(12(3)13-4-5-13)16(15)14-6-7-14/h10-14,17H,4-9H2,1-3H3. The number of rotatable bonds is 7. The predicted molar refractivity (Wildman–Crippen MR) is 78.2 cm³/mol. The third-order valence-corrected chi connectivity index (χ3v) is 4.44. The molecule has 0 saturated heterocycles. The zero-order valence-corrected chi connectivity index (χ0v) is 12.5. The van der Waals surface area contributed by atoms with Crippen molar-refractivity contribution in [3.8, 4) is 0 Å². The Balaban J connectivity index is 1.72. The number of nitrogens with one attached hydrogen (secondary N) is 1. The lowest BCUT2D eigenvalue weighted by atomic mass is 10.1. The van der Waals surface area contributed by atoms with Gasteiger partial charge in [-0.25, -0.2) is 0 Å². The van der Waals surface area contributed by atoms with Gasteiger partial charge in [0.05, 0.1) is 12.2 Å². The second-order valence-corrected chi connectivity index (χ2v) is 6.88. The zero-order valence-electron chi connectivity index (χ0n) is 12.5. The van der Waals surface area contributed by atoms with Gasteiger partial charge in [-0.05, 0) is 51.0 Å². The largest absolute Gasteiger partial charge is 0.312 e. The summed E-state index contributed by atoms with van der Waals surface area (Å²) in [5, 5.41) is 8.28. The lowest BCUT2D eigenvalue weighted by Crippen LogP contribution is -2.20. The fraction of sp³-hybridized carbons (Fsp3) is 0.812. The highest BCUT2D eigenvalue weighted by Crippen LogP contribution is 2.46. The Morgan fingerprint density at radius 1 is 1.26 bits per heavy atom. The summed E-state index contributed by atoms with van der Waals surface area (Å²) in [6.07, 6.45) is 7.62. The SMILES string of the molecule is CC(C)CNCc1cnn(C(C)C2CC2)c1C1CC1. The second kappa shape index (κ2) is 5.28. The van der Waals surface area contributed by atoms with Crippen molar-refractivity contribution >= 4 is 0 Å². The smallest absolute Gasteiger partial charge is 0.0537 e. The summed E-state index contributed by atoms with van der Waals surface area (Å²) in [5.74, 6) is 2.39. The van der Waals surface area contributed by atoms with Crippen LogP contribution in [0.5, 0.6) is 0 Å². The van der Waals surface area contributed by atoms with Crippen molar-refractivity contribution < 1.29 is 0 Å². The van der Waals surface area contributed by atoms with Crippen LogP contribution in [0.25, 0.3) is 0 Å². The fourth-order valence-corrected chi connectivity index (χ4v) is 2.95. The minimum atomic E-state index is 0.606. The number of hydrogen-bond acceptors (Lipinski definition) is 2. The summed E-state index contributed by atoms with van der Waals surface area (Å²) in [6.45, 7) is 8.94. The van der Waals surface area contributed by atoms with Crippen LogP contribution in [0.15, 0.2) is 6.20 Å². The molecule has 2 saturated carbocycles. The van der Waals surface area contributed by atoms with E-state index in [4.69, 9.17) is 5.10 Å². The molecule has 0 aliphatic heterocycles. The van der Waals surface area contributed by atoms with E-state index in [1.807, 2.05) is 0 Å². The Bertz CT molecular complexity index is 427. The Morgan fingerprint density at radius 3 is 2.58 bits per heavy atom. The first-order valence-electron chi connectivity index (χ1n) is 7.93. The van der Waals surface area contributed by atoms with Crippen molar-refractivity contribution in [2.45, 2.75) is 65.0 Å². The maximum atomic E-state index is 4.71. The average molecular weight is 261 g/mol. The molecule has 0 bridgehead atoms. The Labute approximate surface area is 116 Å². The van der Waals surface area contributed by atoms with E-state index in [9.17, 15) is 0 Å². The quantitative estimate of drug-likeness (QED) is 0.814. The molecule has 3 nitrogen and oxygen atoms in total. The van der Waals surface area contributed by atoms with Crippen LogP contribution >= 0.6 is 0 Å². The predicted octanol–water partition coefficient (Wildman–Crippen LogP) is 3.48. The Hall–Kier alpha value is -0.830. The third-order valence-electron chi connectivity index (χ3n) is 4.44. The molecule has 2 aliphatic carbocycles. The minimum Gasteiger partial charge on any atom is -0.312 e. The fourth-order valence-electron chi connectivity index (χ4n) is 2.95. The third kappa shape index (κ3) is 3.02. The first-order chi connectivity index (χ1) is 9.16. The van der Waals surface area contributed by atoms with E-state index in [0.29, 0.717) is 12.0 Å². The summed E-state index contributed by atoms with van der Waals surface area (Å²) in [7, 11) is 0. The molecule has 1 N–H and O–H groups in total. The lowest BCUT2D eigenvalue weighted by molar-refractivity contribution is 0.424. The van der Waals surface area contributed by atoms with Gasteiger partial charge in [0.25, 0.3) is 0 Å². The second-order valence-electron chi connectivity index (χ2n) is 6.88. The van der Waals surface area contributed by atoms with Crippen molar-refractivity contribution in [1.29, 1.82) is 0 Å². The first-order valence-corrected chi connectivity index (χ1v) is 7.93. The van der Waals surface area contributed by atoms with Crippen LogP contribution in [0, 0.1) is 11.8 Å². The van der Waals surface area contributed by atoms with Gasteiger partial charge in [0.1, 0.15) is 0 Å². The number of nitrogens with zero attached hydrogens (tertiary/aromatic N) is 2. The molecule has 19 heavy (non-hydrogen) atoms. The van der Waals surface area contributed by atoms with E-state index in [2.05, 4.69) is 37.0 Å². The van der Waals surface area contributed by atoms with Crippen LogP contribution in [-0.2, 0) is 6.54 Å². The molecule has 0 radical (unpaired) electrons. The lowest BCUT2D eigenvalue weighted by Gasteiger charge is -2.16. The van der Waals surface area contributed by atoms with Crippen LogP contribution in [0.4, 0.5) is 0 Å². The van der Waals surface area contributed by atoms with Gasteiger partial charge in [-0.15, -0.1) is 0 Å². The molecule has 106 valence electrons. The van der Waals surface area contributed by atoms with E-state index >= 15 is 0 Å². The van der Waals surface area contributed by atoms with E-state index < -0.39 is 0 Å². The molecule has 0 amide bonds. The monoisotopic (exact) mass is 261 g/mol. The van der Waals surface area contributed by atoms with Gasteiger partial charge in [-0.2, -0.15) is 5.10 Å². The number of aromatic nitrogens is 2. The molecule has 1 aromatic heterocycles. The molecule has 1 aromatic rings. The summed E-state index contributed by atoms with van der Waals surface area (Å²) < 4.78 is 2.35. The van der Waals surface area contributed by atoms with Crippen molar-refractivity contribution in [2.24, 2.45) is 11.8 Å². The molecule has 0 aromatic carbocycles. The van der Waals surface area contributed by atoms with Crippen LogP contribution < -0.4 is 5.32 Å². The summed E-state index contributed by atoms with van der Waals surface area (Å²) in [4.78, 5) is 0. The van der Waals surface area contributed by atoms with Crippen molar-refractivity contribution in [2.75, 3.05) is 6.54 Å². The van der Waals surface area contributed by atoms with Crippen molar-refractivity contribution in [3.63, 3.8) is 0 Å². The summed E-state index contributed by atoms with van der Waals surface area (Å²) >= 11 is 0. The van der Waals surface area contributed by atoms with Crippen molar-refractivity contribution in [1.82, 2.24) is 15.1 Å². The first kappa shape index (κ1) is 13.2. The van der Waals surface area contributed by atoms with E-state index in [1.165, 1.54) is 36.9 Å². The van der Waals surface area contributed by atoms with Gasteiger partial charge in [-0.3, -0.25) is 4.68 Å². The van der Waals surface area contributed by atoms with E-state index in [-0.39, 0.29) is 0 Å². The summed E-state index contributed by atoms with van der Waals surface area (Å²) in [6, 6.07) is 0.606. The van der Waals surface area contributed by atoms with Gasteiger partial charge in [0.2, 0.25) is 0 Å². The van der Waals surface area contributed by atoms with Crippen molar-refractivity contribution in [3.05, 3.63) is 17.5 Å². The van der Waals surface area contributed by atoms with E-state index in [1.54, 1.807) is 0 Å². The summed E-state index contributed by atoms with van der Waals surface area (Å²) in [5.41, 5.74) is 2.98. The molecule has 0 spiro atoms. The molecular weight excluding hydrogens is 234 g/mol. The molecule has 2 aliphatic rings. The maximum Gasteiger partial charge on any atom is 0.0537 e. The molecule has 2 fully saturated rings. The topological polar surface area (TPSA) is 29.9 Å². The highest BCUT2D eigenvalue weighted by molar-refractivity contribution is 5.26. The van der Waals surface area contributed by atoms with Gasteiger partial charge in [-0.1, -0.05) is 13.8 Å². The molecule has 1 heterocycles. The van der Waals surface area contributed by atoms with Gasteiger partial charge >= 0.3 is 0 Å². The van der Waals surface area contributed by atoms with Crippen LogP contribution in [0.2, 0.25) is 0 Å². The number of hydrogen-bond donors (Lipinski definition) is 1. The average Bonchev–Trinajstić information content (AvgIpc) is 3.26.